The molecule has 1 aliphatic rings. The van der Waals surface area contributed by atoms with E-state index in [9.17, 15) is 9.59 Å². The molecule has 2 aromatic heterocycles. The van der Waals surface area contributed by atoms with Gasteiger partial charge in [-0.2, -0.15) is 0 Å². The molecular weight excluding hydrogens is 368 g/mol. The molecule has 0 bridgehead atoms. The summed E-state index contributed by atoms with van der Waals surface area (Å²) in [5, 5.41) is 2.91. The maximum atomic E-state index is 12.5. The summed E-state index contributed by atoms with van der Waals surface area (Å²) in [6.07, 6.45) is 4.88. The van der Waals surface area contributed by atoms with Crippen molar-refractivity contribution in [2.45, 2.75) is 59.5 Å². The first kappa shape index (κ1) is 21.1. The van der Waals surface area contributed by atoms with Crippen LogP contribution >= 0.6 is 0 Å². The number of H-pyrrole nitrogens is 1. The second-order valence-corrected chi connectivity index (χ2v) is 8.43. The van der Waals surface area contributed by atoms with Crippen molar-refractivity contribution in [1.82, 2.24) is 25.2 Å². The van der Waals surface area contributed by atoms with E-state index < -0.39 is 0 Å². The van der Waals surface area contributed by atoms with Crippen molar-refractivity contribution in [2.75, 3.05) is 24.5 Å². The number of nitrogens with zero attached hydrogens (tertiary/aromatic N) is 4. The molecule has 1 atom stereocenters. The highest BCUT2D eigenvalue weighted by Crippen LogP contribution is 2.24. The maximum Gasteiger partial charge on any atom is 0.255 e. The lowest BCUT2D eigenvalue weighted by Gasteiger charge is -2.42. The Hall–Kier alpha value is -2.64. The number of hydrogen-bond donors (Lipinski definition) is 2. The van der Waals surface area contributed by atoms with Crippen molar-refractivity contribution in [1.29, 1.82) is 0 Å². The van der Waals surface area contributed by atoms with E-state index in [0.29, 0.717) is 42.2 Å². The van der Waals surface area contributed by atoms with E-state index in [2.05, 4.69) is 34.0 Å². The van der Waals surface area contributed by atoms with Crippen molar-refractivity contribution in [3.05, 3.63) is 18.0 Å². The molecule has 2 N–H and O–H groups in total. The zero-order valence-electron chi connectivity index (χ0n) is 18.0. The first-order chi connectivity index (χ1) is 13.8. The number of nitrogens with one attached hydrogen (secondary N) is 2. The van der Waals surface area contributed by atoms with Gasteiger partial charge >= 0.3 is 0 Å². The minimum Gasteiger partial charge on any atom is -0.351 e. The Kier molecular flexibility index (Phi) is 6.39. The third-order valence-corrected chi connectivity index (χ3v) is 5.21. The fourth-order valence-corrected chi connectivity index (χ4v) is 3.89. The number of hydrogen-bond acceptors (Lipinski definition) is 5. The van der Waals surface area contributed by atoms with Gasteiger partial charge in [-0.15, -0.1) is 0 Å². The molecule has 0 saturated carbocycles. The van der Waals surface area contributed by atoms with Gasteiger partial charge in [0.2, 0.25) is 5.91 Å². The molecule has 3 rings (SSSR count). The second-order valence-electron chi connectivity index (χ2n) is 8.43. The Bertz CT molecular complexity index is 875. The van der Waals surface area contributed by atoms with Crippen molar-refractivity contribution < 1.29 is 9.59 Å². The lowest BCUT2D eigenvalue weighted by atomic mass is 9.99. The van der Waals surface area contributed by atoms with E-state index in [1.54, 1.807) is 12.4 Å². The Morgan fingerprint density at radius 2 is 2.03 bits per heavy atom. The molecule has 0 unspecified atom stereocenters. The van der Waals surface area contributed by atoms with Crippen LogP contribution in [0, 0.1) is 5.92 Å². The van der Waals surface area contributed by atoms with Crippen LogP contribution in [0.15, 0.2) is 12.4 Å². The number of aromatic nitrogens is 3. The molecule has 29 heavy (non-hydrogen) atoms. The molecule has 2 aromatic rings. The number of anilines is 1. The van der Waals surface area contributed by atoms with Gasteiger partial charge < -0.3 is 20.1 Å². The third kappa shape index (κ3) is 4.68. The SMILES string of the molecule is CCC(=O)N1CCN(c2cnc3[nH]cc(C(=O)NC(C)C)c3n2)C[C@@H]1CC(C)C. The molecule has 1 saturated heterocycles. The standard InChI is InChI=1S/C21H32N6O2/c1-6-18(28)27-8-7-26(12-15(27)9-13(2)3)17-11-23-20-19(25-17)16(10-22-20)21(29)24-14(4)5/h10-11,13-15H,6-9,12H2,1-5H3,(H,22,23)(H,24,29)/t15-/m0/s1. The Morgan fingerprint density at radius 3 is 2.69 bits per heavy atom. The Labute approximate surface area is 172 Å². The molecule has 8 heteroatoms. The van der Waals surface area contributed by atoms with Gasteiger partial charge in [0.05, 0.1) is 11.8 Å². The predicted molar refractivity (Wildman–Crippen MR) is 114 cm³/mol. The highest BCUT2D eigenvalue weighted by Gasteiger charge is 2.31. The zero-order chi connectivity index (χ0) is 21.1. The minimum absolute atomic E-state index is 0.0459. The van der Waals surface area contributed by atoms with E-state index in [0.717, 1.165) is 18.8 Å². The molecule has 1 aliphatic heterocycles. The van der Waals surface area contributed by atoms with Crippen LogP contribution in [0.3, 0.4) is 0 Å². The monoisotopic (exact) mass is 400 g/mol. The van der Waals surface area contributed by atoms with E-state index in [4.69, 9.17) is 4.98 Å². The highest BCUT2D eigenvalue weighted by atomic mass is 16.2. The quantitative estimate of drug-likeness (QED) is 0.777. The molecule has 0 aromatic carbocycles. The second kappa shape index (κ2) is 8.80. The van der Waals surface area contributed by atoms with E-state index in [1.165, 1.54) is 0 Å². The summed E-state index contributed by atoms with van der Waals surface area (Å²) in [6, 6.07) is 0.202. The van der Waals surface area contributed by atoms with E-state index in [1.807, 2.05) is 25.7 Å². The number of aromatic amines is 1. The van der Waals surface area contributed by atoms with Gasteiger partial charge in [-0.1, -0.05) is 20.8 Å². The fraction of sp³-hybridized carbons (Fsp3) is 0.619. The van der Waals surface area contributed by atoms with Gasteiger partial charge in [0.1, 0.15) is 11.3 Å². The normalized spacial score (nSPS) is 17.4. The minimum atomic E-state index is -0.159. The van der Waals surface area contributed by atoms with Crippen LogP contribution in [-0.2, 0) is 4.79 Å². The Balaban J connectivity index is 1.86. The largest absolute Gasteiger partial charge is 0.351 e. The summed E-state index contributed by atoms with van der Waals surface area (Å²) < 4.78 is 0. The smallest absolute Gasteiger partial charge is 0.255 e. The van der Waals surface area contributed by atoms with Crippen molar-refractivity contribution in [3.63, 3.8) is 0 Å². The van der Waals surface area contributed by atoms with Crippen molar-refractivity contribution in [2.24, 2.45) is 5.92 Å². The number of carbonyl (C=O) groups is 2. The molecule has 1 fully saturated rings. The van der Waals surface area contributed by atoms with Crippen LogP contribution in [0.25, 0.3) is 11.2 Å². The predicted octanol–water partition coefficient (Wildman–Crippen LogP) is 2.57. The summed E-state index contributed by atoms with van der Waals surface area (Å²) in [7, 11) is 0. The van der Waals surface area contributed by atoms with Crippen LogP contribution in [-0.4, -0.2) is 63.4 Å². The third-order valence-electron chi connectivity index (χ3n) is 5.21. The lowest BCUT2D eigenvalue weighted by Crippen LogP contribution is -2.55. The molecule has 2 amide bonds. The summed E-state index contributed by atoms with van der Waals surface area (Å²) in [5.41, 5.74) is 1.68. The number of amides is 2. The van der Waals surface area contributed by atoms with Gasteiger partial charge in [-0.25, -0.2) is 9.97 Å². The average Bonchev–Trinajstić information content (AvgIpc) is 3.09. The maximum absolute atomic E-state index is 12.5. The van der Waals surface area contributed by atoms with Gasteiger partial charge in [-0.05, 0) is 26.2 Å². The van der Waals surface area contributed by atoms with Crippen LogP contribution in [0.1, 0.15) is 57.8 Å². The first-order valence-corrected chi connectivity index (χ1v) is 10.5. The molecule has 0 spiro atoms. The van der Waals surface area contributed by atoms with Gasteiger partial charge in [0.25, 0.3) is 5.91 Å². The molecule has 158 valence electrons. The van der Waals surface area contributed by atoms with Gasteiger partial charge in [0.15, 0.2) is 5.65 Å². The van der Waals surface area contributed by atoms with Gasteiger partial charge in [0, 0.05) is 44.3 Å². The number of fused-ring (bicyclic) bond motifs is 1. The molecule has 3 heterocycles. The molecular formula is C21H32N6O2. The number of piperazine rings is 1. The first-order valence-electron chi connectivity index (χ1n) is 10.5. The molecule has 0 aliphatic carbocycles. The van der Waals surface area contributed by atoms with Crippen LogP contribution < -0.4 is 10.2 Å². The number of rotatable bonds is 6. The highest BCUT2D eigenvalue weighted by molar-refractivity contribution is 6.04. The average molecular weight is 401 g/mol. The van der Waals surface area contributed by atoms with E-state index in [-0.39, 0.29) is 23.9 Å². The topological polar surface area (TPSA) is 94.2 Å². The van der Waals surface area contributed by atoms with Crippen LogP contribution in [0.2, 0.25) is 0 Å². The lowest BCUT2D eigenvalue weighted by molar-refractivity contribution is -0.133. The zero-order valence-corrected chi connectivity index (χ0v) is 18.0. The van der Waals surface area contributed by atoms with Crippen LogP contribution in [0.5, 0.6) is 0 Å². The molecule has 0 radical (unpaired) electrons. The summed E-state index contributed by atoms with van der Waals surface area (Å²) >= 11 is 0. The van der Waals surface area contributed by atoms with Crippen molar-refractivity contribution in [3.8, 4) is 0 Å². The fourth-order valence-electron chi connectivity index (χ4n) is 3.89. The number of carbonyl (C=O) groups excluding carboxylic acids is 2. The van der Waals surface area contributed by atoms with Crippen molar-refractivity contribution >= 4 is 28.8 Å². The Morgan fingerprint density at radius 1 is 1.28 bits per heavy atom. The molecule has 8 nitrogen and oxygen atoms in total. The summed E-state index contributed by atoms with van der Waals surface area (Å²) in [5.74, 6) is 1.29. The van der Waals surface area contributed by atoms with E-state index >= 15 is 0 Å². The van der Waals surface area contributed by atoms with Crippen LogP contribution in [0.4, 0.5) is 5.82 Å². The summed E-state index contributed by atoms with van der Waals surface area (Å²) in [4.78, 5) is 41.3. The summed E-state index contributed by atoms with van der Waals surface area (Å²) in [6.45, 7) is 12.2. The van der Waals surface area contributed by atoms with Gasteiger partial charge in [-0.3, -0.25) is 9.59 Å².